The summed E-state index contributed by atoms with van der Waals surface area (Å²) in [5.41, 5.74) is 1.62. The topological polar surface area (TPSA) is 83.8 Å². The van der Waals surface area contributed by atoms with Gasteiger partial charge in [0.1, 0.15) is 0 Å². The highest BCUT2D eigenvalue weighted by Crippen LogP contribution is 2.34. The van der Waals surface area contributed by atoms with Gasteiger partial charge >= 0.3 is 0 Å². The molecule has 1 fully saturated rings. The molecule has 1 heterocycles. The van der Waals surface area contributed by atoms with Crippen molar-refractivity contribution >= 4 is 57.6 Å². The van der Waals surface area contributed by atoms with Gasteiger partial charge in [0, 0.05) is 37.5 Å². The second-order valence-corrected chi connectivity index (χ2v) is 7.79. The molecule has 3 rings (SSSR count). The van der Waals surface area contributed by atoms with Gasteiger partial charge in [-0.05, 0) is 29.8 Å². The predicted octanol–water partition coefficient (Wildman–Crippen LogP) is 3.70. The lowest BCUT2D eigenvalue weighted by Crippen LogP contribution is -2.34. The van der Waals surface area contributed by atoms with E-state index in [4.69, 9.17) is 12.2 Å². The van der Waals surface area contributed by atoms with Gasteiger partial charge in [-0.3, -0.25) is 19.7 Å². The fourth-order valence-electron chi connectivity index (χ4n) is 2.54. The molecule has 1 aliphatic heterocycles. The SMILES string of the molecule is CN(C)c1ccc(/C=C2/SC(=S)N(C(=O)c3cccc([N+](=O)[O-])c3)C2=O)cc1. The first kappa shape index (κ1) is 19.7. The number of nitrogens with zero attached hydrogens (tertiary/aromatic N) is 3. The van der Waals surface area contributed by atoms with Gasteiger partial charge < -0.3 is 4.90 Å². The average molecular weight is 413 g/mol. The van der Waals surface area contributed by atoms with Gasteiger partial charge in [-0.25, -0.2) is 4.90 Å². The number of hydrogen-bond acceptors (Lipinski definition) is 7. The lowest BCUT2D eigenvalue weighted by molar-refractivity contribution is -0.384. The van der Waals surface area contributed by atoms with Crippen LogP contribution in [0.3, 0.4) is 0 Å². The van der Waals surface area contributed by atoms with Gasteiger partial charge in [-0.15, -0.1) is 0 Å². The molecule has 9 heteroatoms. The molecule has 0 bridgehead atoms. The number of thiocarbonyl (C=S) groups is 1. The van der Waals surface area contributed by atoms with Crippen LogP contribution in [0.5, 0.6) is 0 Å². The van der Waals surface area contributed by atoms with E-state index in [1.165, 1.54) is 18.2 Å². The quantitative estimate of drug-likeness (QED) is 0.248. The Bertz CT molecular complexity index is 1020. The van der Waals surface area contributed by atoms with E-state index in [2.05, 4.69) is 0 Å². The van der Waals surface area contributed by atoms with Crippen LogP contribution in [0.15, 0.2) is 53.4 Å². The minimum absolute atomic E-state index is 0.0297. The largest absolute Gasteiger partial charge is 0.378 e. The first-order valence-electron chi connectivity index (χ1n) is 8.12. The number of hydrogen-bond donors (Lipinski definition) is 0. The minimum Gasteiger partial charge on any atom is -0.378 e. The Balaban J connectivity index is 1.86. The van der Waals surface area contributed by atoms with Crippen LogP contribution in [0, 0.1) is 10.1 Å². The van der Waals surface area contributed by atoms with E-state index in [0.717, 1.165) is 34.0 Å². The summed E-state index contributed by atoms with van der Waals surface area (Å²) >= 11 is 6.22. The molecule has 0 aromatic heterocycles. The van der Waals surface area contributed by atoms with Gasteiger partial charge in [0.2, 0.25) is 0 Å². The van der Waals surface area contributed by atoms with Crippen LogP contribution in [0.25, 0.3) is 6.08 Å². The van der Waals surface area contributed by atoms with Crippen molar-refractivity contribution in [3.63, 3.8) is 0 Å². The van der Waals surface area contributed by atoms with E-state index in [-0.39, 0.29) is 15.6 Å². The lowest BCUT2D eigenvalue weighted by Gasteiger charge is -2.12. The standard InChI is InChI=1S/C19H15N3O4S2/c1-20(2)14-8-6-12(7-9-14)10-16-18(24)21(19(27)28-16)17(23)13-4-3-5-15(11-13)22(25)26/h3-11H,1-2H3/b16-10+. The number of nitro benzene ring substituents is 1. The molecule has 7 nitrogen and oxygen atoms in total. The minimum atomic E-state index is -0.683. The molecule has 2 amide bonds. The van der Waals surface area contributed by atoms with E-state index in [0.29, 0.717) is 4.91 Å². The van der Waals surface area contributed by atoms with Gasteiger partial charge in [-0.2, -0.15) is 0 Å². The zero-order chi connectivity index (χ0) is 20.4. The molecule has 0 unspecified atom stereocenters. The zero-order valence-electron chi connectivity index (χ0n) is 15.0. The summed E-state index contributed by atoms with van der Waals surface area (Å²) in [6.07, 6.45) is 1.67. The number of carbonyl (C=O) groups excluding carboxylic acids is 2. The van der Waals surface area contributed by atoms with Crippen LogP contribution in [0.1, 0.15) is 15.9 Å². The Kier molecular flexibility index (Phi) is 5.57. The highest BCUT2D eigenvalue weighted by atomic mass is 32.2. The number of imide groups is 1. The zero-order valence-corrected chi connectivity index (χ0v) is 16.6. The maximum Gasteiger partial charge on any atom is 0.273 e. The third kappa shape index (κ3) is 3.95. The Morgan fingerprint density at radius 3 is 2.50 bits per heavy atom. The molecule has 28 heavy (non-hydrogen) atoms. The fourth-order valence-corrected chi connectivity index (χ4v) is 3.80. The first-order chi connectivity index (χ1) is 13.3. The van der Waals surface area contributed by atoms with Crippen molar-refractivity contribution in [3.05, 3.63) is 74.7 Å². The molecular formula is C19H15N3O4S2. The van der Waals surface area contributed by atoms with E-state index in [1.807, 2.05) is 43.3 Å². The average Bonchev–Trinajstić information content (AvgIpc) is 2.95. The highest BCUT2D eigenvalue weighted by molar-refractivity contribution is 8.26. The summed E-state index contributed by atoms with van der Waals surface area (Å²) in [4.78, 5) is 38.9. The summed E-state index contributed by atoms with van der Waals surface area (Å²) in [6.45, 7) is 0. The molecule has 1 aliphatic rings. The summed E-state index contributed by atoms with van der Waals surface area (Å²) in [7, 11) is 3.86. The summed E-state index contributed by atoms with van der Waals surface area (Å²) in [6, 6.07) is 12.8. The van der Waals surface area contributed by atoms with Crippen LogP contribution < -0.4 is 4.90 Å². The molecule has 1 saturated heterocycles. The van der Waals surface area contributed by atoms with E-state index >= 15 is 0 Å². The number of carbonyl (C=O) groups is 2. The van der Waals surface area contributed by atoms with Crippen molar-refractivity contribution in [1.29, 1.82) is 0 Å². The highest BCUT2D eigenvalue weighted by Gasteiger charge is 2.37. The molecular weight excluding hydrogens is 398 g/mol. The van der Waals surface area contributed by atoms with Crippen LogP contribution in [0.2, 0.25) is 0 Å². The molecule has 2 aromatic rings. The van der Waals surface area contributed by atoms with Crippen molar-refractivity contribution in [2.24, 2.45) is 0 Å². The van der Waals surface area contributed by atoms with Gasteiger partial charge in [0.05, 0.1) is 9.83 Å². The van der Waals surface area contributed by atoms with Crippen LogP contribution >= 0.6 is 24.0 Å². The number of benzene rings is 2. The molecule has 0 aliphatic carbocycles. The molecule has 0 saturated carbocycles. The molecule has 0 atom stereocenters. The third-order valence-electron chi connectivity index (χ3n) is 4.01. The Labute approximate surface area is 170 Å². The number of nitro groups is 1. The second-order valence-electron chi connectivity index (χ2n) is 6.12. The van der Waals surface area contributed by atoms with Crippen molar-refractivity contribution in [3.8, 4) is 0 Å². The second kappa shape index (κ2) is 7.91. The summed E-state index contributed by atoms with van der Waals surface area (Å²) < 4.78 is 0.0951. The van der Waals surface area contributed by atoms with Crippen molar-refractivity contribution in [1.82, 2.24) is 4.90 Å². The Hall–Kier alpha value is -3.04. The number of amides is 2. The van der Waals surface area contributed by atoms with Crippen molar-refractivity contribution in [2.75, 3.05) is 19.0 Å². The van der Waals surface area contributed by atoms with Crippen LogP contribution in [-0.2, 0) is 4.79 Å². The first-order valence-corrected chi connectivity index (χ1v) is 9.34. The maximum atomic E-state index is 12.7. The fraction of sp³-hybridized carbons (Fsp3) is 0.105. The van der Waals surface area contributed by atoms with Crippen molar-refractivity contribution in [2.45, 2.75) is 0 Å². The lowest BCUT2D eigenvalue weighted by atomic mass is 10.1. The normalized spacial score (nSPS) is 15.2. The van der Waals surface area contributed by atoms with Crippen LogP contribution in [0.4, 0.5) is 11.4 Å². The summed E-state index contributed by atoms with van der Waals surface area (Å²) in [5.74, 6) is -1.22. The third-order valence-corrected chi connectivity index (χ3v) is 5.31. The molecule has 0 radical (unpaired) electrons. The molecule has 2 aromatic carbocycles. The number of anilines is 1. The number of non-ortho nitro benzene ring substituents is 1. The van der Waals surface area contributed by atoms with Gasteiger partial charge in [0.15, 0.2) is 4.32 Å². The van der Waals surface area contributed by atoms with E-state index < -0.39 is 16.7 Å². The Morgan fingerprint density at radius 1 is 1.21 bits per heavy atom. The maximum absolute atomic E-state index is 12.7. The molecule has 0 spiro atoms. The number of thioether (sulfide) groups is 1. The summed E-state index contributed by atoms with van der Waals surface area (Å²) in [5, 5.41) is 10.9. The predicted molar refractivity (Wildman–Crippen MR) is 113 cm³/mol. The smallest absolute Gasteiger partial charge is 0.273 e. The van der Waals surface area contributed by atoms with Gasteiger partial charge in [0.25, 0.3) is 17.5 Å². The number of rotatable bonds is 4. The molecule has 0 N–H and O–H groups in total. The Morgan fingerprint density at radius 2 is 1.89 bits per heavy atom. The van der Waals surface area contributed by atoms with Gasteiger partial charge in [-0.1, -0.05) is 42.2 Å². The van der Waals surface area contributed by atoms with Crippen LogP contribution in [-0.4, -0.2) is 40.1 Å². The monoisotopic (exact) mass is 413 g/mol. The molecule has 142 valence electrons. The van der Waals surface area contributed by atoms with E-state index in [1.54, 1.807) is 6.08 Å². The van der Waals surface area contributed by atoms with E-state index in [9.17, 15) is 19.7 Å². The van der Waals surface area contributed by atoms with Crippen molar-refractivity contribution < 1.29 is 14.5 Å².